The zero-order valence-electron chi connectivity index (χ0n) is 27.2. The van der Waals surface area contributed by atoms with Gasteiger partial charge in [-0.15, -0.1) is 0 Å². The molecule has 0 aromatic rings. The molecule has 0 radical (unpaired) electrons. The Bertz CT molecular complexity index is 1070. The number of hydrogen-bond donors (Lipinski definition) is 7. The molecule has 9 nitrogen and oxygen atoms in total. The first kappa shape index (κ1) is 32.6. The summed E-state index contributed by atoms with van der Waals surface area (Å²) in [4.78, 5) is 0. The second-order valence-corrected chi connectivity index (χ2v) is 17.6. The minimum atomic E-state index is -1.42. The molecule has 0 spiro atoms. The van der Waals surface area contributed by atoms with Gasteiger partial charge in [0.15, 0.2) is 6.29 Å². The molecule has 5 saturated carbocycles. The van der Waals surface area contributed by atoms with Crippen LogP contribution in [-0.2, 0) is 9.47 Å². The second-order valence-electron chi connectivity index (χ2n) is 17.6. The molecule has 1 heterocycles. The fourth-order valence-electron chi connectivity index (χ4n) is 12.9. The van der Waals surface area contributed by atoms with E-state index in [9.17, 15) is 35.7 Å². The number of aliphatic hydroxyl groups excluding tert-OH is 7. The SMILES string of the molecule is CC1(C)C(O)C(O)CC2C1C(OC1OCC(O)C(O)C1O)CC1(C)C2CCC2C3(C)CCC(O)C(C)(C)C3C(O)CC21C. The molecule has 7 N–H and O–H groups in total. The number of hydrogen-bond acceptors (Lipinski definition) is 9. The largest absolute Gasteiger partial charge is 0.393 e. The van der Waals surface area contributed by atoms with Crippen LogP contribution < -0.4 is 0 Å². The Morgan fingerprint density at radius 1 is 0.698 bits per heavy atom. The van der Waals surface area contributed by atoms with Gasteiger partial charge in [0.2, 0.25) is 0 Å². The molecule has 9 heteroatoms. The lowest BCUT2D eigenvalue weighted by Crippen LogP contribution is -2.72. The molecule has 0 aromatic heterocycles. The maximum absolute atomic E-state index is 12.0. The molecular weight excluding hydrogens is 552 g/mol. The molecule has 6 aliphatic rings. The second kappa shape index (κ2) is 10.3. The van der Waals surface area contributed by atoms with Crippen molar-refractivity contribution in [2.45, 2.75) is 149 Å². The van der Waals surface area contributed by atoms with Crippen LogP contribution in [-0.4, -0.2) is 97.5 Å². The van der Waals surface area contributed by atoms with Crippen LogP contribution in [0, 0.1) is 56.7 Å². The van der Waals surface area contributed by atoms with E-state index < -0.39 is 66.0 Å². The van der Waals surface area contributed by atoms with Gasteiger partial charge in [-0.25, -0.2) is 0 Å². The molecule has 6 rings (SSSR count). The van der Waals surface area contributed by atoms with Gasteiger partial charge in [-0.3, -0.25) is 0 Å². The highest BCUT2D eigenvalue weighted by Crippen LogP contribution is 2.76. The predicted octanol–water partition coefficient (Wildman–Crippen LogP) is 2.21. The summed E-state index contributed by atoms with van der Waals surface area (Å²) >= 11 is 0. The van der Waals surface area contributed by atoms with Crippen LogP contribution in [0.3, 0.4) is 0 Å². The first-order valence-electron chi connectivity index (χ1n) is 16.9. The van der Waals surface area contributed by atoms with Crippen molar-refractivity contribution in [2.24, 2.45) is 56.7 Å². The van der Waals surface area contributed by atoms with Crippen LogP contribution in [0.2, 0.25) is 0 Å². The van der Waals surface area contributed by atoms with Gasteiger partial charge < -0.3 is 45.2 Å². The summed E-state index contributed by atoms with van der Waals surface area (Å²) < 4.78 is 12.4. The molecular formula is C34H58O9. The molecule has 43 heavy (non-hydrogen) atoms. The lowest BCUT2D eigenvalue weighted by atomic mass is 9.31. The summed E-state index contributed by atoms with van der Waals surface area (Å²) in [7, 11) is 0. The minimum absolute atomic E-state index is 0.0188. The van der Waals surface area contributed by atoms with Gasteiger partial charge >= 0.3 is 0 Å². The quantitative estimate of drug-likeness (QED) is 0.233. The summed E-state index contributed by atoms with van der Waals surface area (Å²) in [6.07, 6.45) is -3.12. The van der Waals surface area contributed by atoms with Crippen LogP contribution in [0.4, 0.5) is 0 Å². The normalized spacial score (nSPS) is 59.3. The summed E-state index contributed by atoms with van der Waals surface area (Å²) in [5.41, 5.74) is -1.80. The third-order valence-electron chi connectivity index (χ3n) is 15.1. The van der Waals surface area contributed by atoms with E-state index in [1.54, 1.807) is 0 Å². The number of aliphatic hydroxyl groups is 7. The Morgan fingerprint density at radius 2 is 1.37 bits per heavy atom. The smallest absolute Gasteiger partial charge is 0.186 e. The Hall–Kier alpha value is -0.360. The van der Waals surface area contributed by atoms with E-state index in [1.807, 2.05) is 13.8 Å². The molecule has 5 aliphatic carbocycles. The van der Waals surface area contributed by atoms with Crippen molar-refractivity contribution < 1.29 is 45.2 Å². The number of fused-ring (bicyclic) bond motifs is 7. The van der Waals surface area contributed by atoms with E-state index in [2.05, 4.69) is 34.6 Å². The summed E-state index contributed by atoms with van der Waals surface area (Å²) in [5, 5.41) is 76.9. The fraction of sp³-hybridized carbons (Fsp3) is 1.00. The molecule has 17 atom stereocenters. The lowest BCUT2D eigenvalue weighted by molar-refractivity contribution is -0.331. The van der Waals surface area contributed by atoms with E-state index in [1.165, 1.54) is 0 Å². The van der Waals surface area contributed by atoms with E-state index in [4.69, 9.17) is 9.47 Å². The molecule has 17 unspecified atom stereocenters. The van der Waals surface area contributed by atoms with Gasteiger partial charge in [0, 0.05) is 0 Å². The summed E-state index contributed by atoms with van der Waals surface area (Å²) in [6, 6.07) is 0. The van der Waals surface area contributed by atoms with Gasteiger partial charge in [-0.05, 0) is 102 Å². The van der Waals surface area contributed by atoms with Gasteiger partial charge in [0.1, 0.15) is 18.3 Å². The van der Waals surface area contributed by atoms with Gasteiger partial charge in [-0.1, -0.05) is 48.5 Å². The molecule has 6 fully saturated rings. The van der Waals surface area contributed by atoms with Crippen LogP contribution in [0.1, 0.15) is 93.4 Å². The molecule has 0 bridgehead atoms. The predicted molar refractivity (Wildman–Crippen MR) is 158 cm³/mol. The van der Waals surface area contributed by atoms with Crippen molar-refractivity contribution in [1.82, 2.24) is 0 Å². The first-order valence-corrected chi connectivity index (χ1v) is 16.9. The number of ether oxygens (including phenoxy) is 2. The zero-order chi connectivity index (χ0) is 31.7. The van der Waals surface area contributed by atoms with Crippen LogP contribution in [0.15, 0.2) is 0 Å². The van der Waals surface area contributed by atoms with E-state index in [0.717, 1.165) is 25.7 Å². The van der Waals surface area contributed by atoms with Crippen molar-refractivity contribution in [1.29, 1.82) is 0 Å². The third-order valence-corrected chi connectivity index (χ3v) is 15.1. The monoisotopic (exact) mass is 610 g/mol. The zero-order valence-corrected chi connectivity index (χ0v) is 27.2. The van der Waals surface area contributed by atoms with E-state index >= 15 is 0 Å². The Balaban J connectivity index is 1.42. The first-order chi connectivity index (χ1) is 19.8. The van der Waals surface area contributed by atoms with Crippen LogP contribution in [0.25, 0.3) is 0 Å². The van der Waals surface area contributed by atoms with Crippen molar-refractivity contribution in [3.63, 3.8) is 0 Å². The van der Waals surface area contributed by atoms with Crippen LogP contribution in [0.5, 0.6) is 0 Å². The van der Waals surface area contributed by atoms with E-state index in [-0.39, 0.29) is 46.5 Å². The van der Waals surface area contributed by atoms with Crippen LogP contribution >= 0.6 is 0 Å². The molecule has 1 aliphatic heterocycles. The topological polar surface area (TPSA) is 160 Å². The molecule has 1 saturated heterocycles. The van der Waals surface area contributed by atoms with Gasteiger partial charge in [-0.2, -0.15) is 0 Å². The lowest BCUT2D eigenvalue weighted by Gasteiger charge is -2.74. The Morgan fingerprint density at radius 3 is 2.05 bits per heavy atom. The summed E-state index contributed by atoms with van der Waals surface area (Å²) in [5.74, 6) is 0.441. The highest BCUT2D eigenvalue weighted by Gasteiger charge is 2.73. The average Bonchev–Trinajstić information content (AvgIpc) is 2.90. The van der Waals surface area contributed by atoms with Crippen molar-refractivity contribution >= 4 is 0 Å². The highest BCUT2D eigenvalue weighted by molar-refractivity contribution is 5.21. The molecule has 248 valence electrons. The Labute approximate surface area is 257 Å². The molecule has 0 amide bonds. The highest BCUT2D eigenvalue weighted by atomic mass is 16.7. The maximum Gasteiger partial charge on any atom is 0.186 e. The van der Waals surface area contributed by atoms with Gasteiger partial charge in [0.05, 0.1) is 37.1 Å². The van der Waals surface area contributed by atoms with Gasteiger partial charge in [0.25, 0.3) is 0 Å². The van der Waals surface area contributed by atoms with E-state index in [0.29, 0.717) is 25.2 Å². The number of rotatable bonds is 2. The third kappa shape index (κ3) is 4.35. The standard InChI is InChI=1S/C34H58O9/c1-30(2)23(38)10-11-32(5)22-9-8-17-16-12-18(35)28(41)31(3,4)24(16)21(43-29-26(40)25(39)20(37)15-42-29)14-33(17,6)34(22,7)13-19(36)27(30)32/h16-29,35-41H,8-15H2,1-7H3. The van der Waals surface area contributed by atoms with Crippen molar-refractivity contribution in [3.8, 4) is 0 Å². The van der Waals surface area contributed by atoms with Crippen molar-refractivity contribution in [3.05, 3.63) is 0 Å². The fourth-order valence-corrected chi connectivity index (χ4v) is 12.9. The minimum Gasteiger partial charge on any atom is -0.393 e. The maximum atomic E-state index is 12.0. The average molecular weight is 611 g/mol. The Kier molecular flexibility index (Phi) is 7.82. The summed E-state index contributed by atoms with van der Waals surface area (Å²) in [6.45, 7) is 15.1. The molecule has 0 aromatic carbocycles. The van der Waals surface area contributed by atoms with Crippen molar-refractivity contribution in [2.75, 3.05) is 6.61 Å².